The monoisotopic (exact) mass is 339 g/mol. The highest BCUT2D eigenvalue weighted by molar-refractivity contribution is 5.97. The predicted molar refractivity (Wildman–Crippen MR) is 93.9 cm³/mol. The Balaban J connectivity index is 0.00000264. The second-order valence-electron chi connectivity index (χ2n) is 6.26. The van der Waals surface area contributed by atoms with Crippen LogP contribution in [0.2, 0.25) is 0 Å². The number of amides is 2. The van der Waals surface area contributed by atoms with Crippen molar-refractivity contribution in [1.29, 1.82) is 0 Å². The van der Waals surface area contributed by atoms with Crippen LogP contribution in [0.15, 0.2) is 24.3 Å². The SMILES string of the molecule is Cc1ccc(C(=O)NC(C(=O)NC2CCNC2)C(C)C)cc1.Cl. The maximum absolute atomic E-state index is 12.4. The maximum Gasteiger partial charge on any atom is 0.251 e. The average Bonchev–Trinajstić information content (AvgIpc) is 2.97. The van der Waals surface area contributed by atoms with Gasteiger partial charge in [-0.1, -0.05) is 31.5 Å². The van der Waals surface area contributed by atoms with Gasteiger partial charge in [-0.25, -0.2) is 0 Å². The molecule has 1 saturated heterocycles. The van der Waals surface area contributed by atoms with Gasteiger partial charge in [-0.05, 0) is 37.9 Å². The van der Waals surface area contributed by atoms with E-state index >= 15 is 0 Å². The summed E-state index contributed by atoms with van der Waals surface area (Å²) in [5, 5.41) is 9.08. The van der Waals surface area contributed by atoms with Crippen molar-refractivity contribution in [3.63, 3.8) is 0 Å². The van der Waals surface area contributed by atoms with Crippen molar-refractivity contribution in [3.8, 4) is 0 Å². The molecule has 6 heteroatoms. The minimum atomic E-state index is -0.519. The van der Waals surface area contributed by atoms with E-state index in [9.17, 15) is 9.59 Å². The van der Waals surface area contributed by atoms with Crippen LogP contribution >= 0.6 is 12.4 Å². The number of halogens is 1. The van der Waals surface area contributed by atoms with Gasteiger partial charge in [-0.2, -0.15) is 0 Å². The lowest BCUT2D eigenvalue weighted by Crippen LogP contribution is -2.52. The lowest BCUT2D eigenvalue weighted by atomic mass is 10.0. The molecule has 2 rings (SSSR count). The molecule has 0 saturated carbocycles. The normalized spacial score (nSPS) is 18.2. The molecule has 1 aromatic rings. The van der Waals surface area contributed by atoms with E-state index in [2.05, 4.69) is 16.0 Å². The zero-order valence-electron chi connectivity index (χ0n) is 13.9. The Labute approximate surface area is 144 Å². The van der Waals surface area contributed by atoms with Crippen molar-refractivity contribution in [2.75, 3.05) is 13.1 Å². The van der Waals surface area contributed by atoms with E-state index in [0.29, 0.717) is 5.56 Å². The van der Waals surface area contributed by atoms with E-state index in [1.165, 1.54) is 0 Å². The second kappa shape index (κ2) is 8.89. The highest BCUT2D eigenvalue weighted by Gasteiger charge is 2.27. The molecule has 128 valence electrons. The fourth-order valence-corrected chi connectivity index (χ4v) is 2.53. The van der Waals surface area contributed by atoms with E-state index in [-0.39, 0.29) is 36.2 Å². The molecule has 3 N–H and O–H groups in total. The number of nitrogens with one attached hydrogen (secondary N) is 3. The van der Waals surface area contributed by atoms with Crippen molar-refractivity contribution in [3.05, 3.63) is 35.4 Å². The summed E-state index contributed by atoms with van der Waals surface area (Å²) in [5.74, 6) is -0.286. The van der Waals surface area contributed by atoms with Gasteiger partial charge in [0.15, 0.2) is 0 Å². The first-order valence-corrected chi connectivity index (χ1v) is 7.86. The molecule has 0 bridgehead atoms. The number of rotatable bonds is 5. The van der Waals surface area contributed by atoms with Crippen molar-refractivity contribution >= 4 is 24.2 Å². The van der Waals surface area contributed by atoms with Crippen LogP contribution in [0.3, 0.4) is 0 Å². The molecule has 2 atom stereocenters. The molecule has 23 heavy (non-hydrogen) atoms. The number of aryl methyl sites for hydroxylation is 1. The first kappa shape index (κ1) is 19.5. The number of carbonyl (C=O) groups excluding carboxylic acids is 2. The van der Waals surface area contributed by atoms with Crippen molar-refractivity contribution in [2.45, 2.75) is 39.3 Å². The van der Waals surface area contributed by atoms with E-state index in [1.54, 1.807) is 12.1 Å². The first-order valence-electron chi connectivity index (χ1n) is 7.86. The summed E-state index contributed by atoms with van der Waals surface area (Å²) in [5.41, 5.74) is 1.68. The van der Waals surface area contributed by atoms with Gasteiger partial charge in [0.2, 0.25) is 5.91 Å². The molecular weight excluding hydrogens is 314 g/mol. The first-order chi connectivity index (χ1) is 10.5. The molecule has 2 amide bonds. The van der Waals surface area contributed by atoms with Crippen LogP contribution in [0.4, 0.5) is 0 Å². The smallest absolute Gasteiger partial charge is 0.251 e. The summed E-state index contributed by atoms with van der Waals surface area (Å²) in [6, 6.07) is 6.98. The topological polar surface area (TPSA) is 70.2 Å². The van der Waals surface area contributed by atoms with Crippen LogP contribution in [0, 0.1) is 12.8 Å². The summed E-state index contributed by atoms with van der Waals surface area (Å²) in [6.07, 6.45) is 0.933. The molecule has 0 radical (unpaired) electrons. The summed E-state index contributed by atoms with van der Waals surface area (Å²) in [6.45, 7) is 7.57. The number of benzene rings is 1. The maximum atomic E-state index is 12.4. The van der Waals surface area contributed by atoms with Crippen LogP contribution < -0.4 is 16.0 Å². The minimum absolute atomic E-state index is 0. The van der Waals surface area contributed by atoms with Crippen LogP contribution in [-0.2, 0) is 4.79 Å². The zero-order valence-corrected chi connectivity index (χ0v) is 14.7. The molecule has 1 fully saturated rings. The molecule has 1 aromatic carbocycles. The van der Waals surface area contributed by atoms with Crippen LogP contribution in [0.5, 0.6) is 0 Å². The van der Waals surface area contributed by atoms with Gasteiger partial charge < -0.3 is 16.0 Å². The molecule has 0 aliphatic carbocycles. The lowest BCUT2D eigenvalue weighted by Gasteiger charge is -2.23. The Morgan fingerprint density at radius 1 is 1.22 bits per heavy atom. The zero-order chi connectivity index (χ0) is 16.1. The fourth-order valence-electron chi connectivity index (χ4n) is 2.53. The van der Waals surface area contributed by atoms with Gasteiger partial charge >= 0.3 is 0 Å². The molecular formula is C17H26ClN3O2. The Bertz CT molecular complexity index is 525. The summed E-state index contributed by atoms with van der Waals surface area (Å²) >= 11 is 0. The quantitative estimate of drug-likeness (QED) is 0.764. The largest absolute Gasteiger partial charge is 0.350 e. The Morgan fingerprint density at radius 2 is 1.87 bits per heavy atom. The van der Waals surface area contributed by atoms with E-state index in [0.717, 1.165) is 25.1 Å². The third kappa shape index (κ3) is 5.52. The van der Waals surface area contributed by atoms with Crippen molar-refractivity contribution in [1.82, 2.24) is 16.0 Å². The summed E-state index contributed by atoms with van der Waals surface area (Å²) in [7, 11) is 0. The Hall–Kier alpha value is -1.59. The molecule has 0 spiro atoms. The molecule has 2 unspecified atom stereocenters. The average molecular weight is 340 g/mol. The fraction of sp³-hybridized carbons (Fsp3) is 0.529. The van der Waals surface area contributed by atoms with Gasteiger partial charge in [0.1, 0.15) is 6.04 Å². The van der Waals surface area contributed by atoms with Crippen LogP contribution in [0.1, 0.15) is 36.2 Å². The van der Waals surface area contributed by atoms with E-state index < -0.39 is 6.04 Å². The van der Waals surface area contributed by atoms with Gasteiger partial charge in [0.25, 0.3) is 5.91 Å². The van der Waals surface area contributed by atoms with Crippen molar-refractivity contribution in [2.24, 2.45) is 5.92 Å². The Kier molecular flexibility index (Phi) is 7.52. The summed E-state index contributed by atoms with van der Waals surface area (Å²) < 4.78 is 0. The molecule has 1 aliphatic rings. The molecule has 1 heterocycles. The standard InChI is InChI=1S/C17H25N3O2.ClH/c1-11(2)15(17(22)19-14-8-9-18-10-14)20-16(21)13-6-4-12(3)5-7-13;/h4-7,11,14-15,18H,8-10H2,1-3H3,(H,19,22)(H,20,21);1H. The van der Waals surface area contributed by atoms with Gasteiger partial charge in [-0.15, -0.1) is 12.4 Å². The molecule has 1 aliphatic heterocycles. The van der Waals surface area contributed by atoms with E-state index in [4.69, 9.17) is 0 Å². The van der Waals surface area contributed by atoms with Crippen LogP contribution in [0.25, 0.3) is 0 Å². The van der Waals surface area contributed by atoms with Gasteiger partial charge in [-0.3, -0.25) is 9.59 Å². The highest BCUT2D eigenvalue weighted by Crippen LogP contribution is 2.08. The predicted octanol–water partition coefficient (Wildman–Crippen LogP) is 1.65. The van der Waals surface area contributed by atoms with Crippen LogP contribution in [-0.4, -0.2) is 37.0 Å². The van der Waals surface area contributed by atoms with E-state index in [1.807, 2.05) is 32.9 Å². The Morgan fingerprint density at radius 3 is 2.39 bits per heavy atom. The number of hydrogen-bond donors (Lipinski definition) is 3. The molecule has 0 aromatic heterocycles. The minimum Gasteiger partial charge on any atom is -0.350 e. The number of carbonyl (C=O) groups is 2. The lowest BCUT2D eigenvalue weighted by molar-refractivity contribution is -0.124. The van der Waals surface area contributed by atoms with Crippen molar-refractivity contribution < 1.29 is 9.59 Å². The number of hydrogen-bond acceptors (Lipinski definition) is 3. The highest BCUT2D eigenvalue weighted by atomic mass is 35.5. The third-order valence-electron chi connectivity index (χ3n) is 3.96. The molecule has 5 nitrogen and oxygen atoms in total. The summed E-state index contributed by atoms with van der Waals surface area (Å²) in [4.78, 5) is 24.7. The van der Waals surface area contributed by atoms with Gasteiger partial charge in [0, 0.05) is 18.2 Å². The second-order valence-corrected chi connectivity index (χ2v) is 6.26. The third-order valence-corrected chi connectivity index (χ3v) is 3.96. The van der Waals surface area contributed by atoms with Gasteiger partial charge in [0.05, 0.1) is 0 Å².